The van der Waals surface area contributed by atoms with Crippen LogP contribution in [-0.2, 0) is 28.8 Å². The molecule has 0 saturated carbocycles. The van der Waals surface area contributed by atoms with Gasteiger partial charge >= 0.3 is 5.97 Å². The highest BCUT2D eigenvalue weighted by atomic mass is 32.2. The number of aliphatic hydroxyl groups is 1. The maximum atomic E-state index is 12.8. The van der Waals surface area contributed by atoms with Gasteiger partial charge in [0.2, 0.25) is 29.5 Å². The van der Waals surface area contributed by atoms with Crippen LogP contribution in [0.15, 0.2) is 0 Å². The third-order valence-corrected chi connectivity index (χ3v) is 5.01. The number of nitrogens with two attached hydrogens (primary N) is 3. The quantitative estimate of drug-likeness (QED) is 0.104. The summed E-state index contributed by atoms with van der Waals surface area (Å²) in [5.74, 6) is -5.34. The Balaban J connectivity index is 5.44. The molecule has 0 spiro atoms. The number of carboxylic acids is 1. The molecule has 0 aliphatic carbocycles. The largest absolute Gasteiger partial charge is 0.480 e. The molecule has 0 aliphatic heterocycles. The number of carbonyl (C=O) groups excluding carboxylic acids is 5. The lowest BCUT2D eigenvalue weighted by Gasteiger charge is -2.25. The minimum Gasteiger partial charge on any atom is -0.480 e. The molecule has 0 radical (unpaired) electrons. The molecule has 33 heavy (non-hydrogen) atoms. The molecule has 0 rings (SSSR count). The number of thioether (sulfide) groups is 1. The lowest BCUT2D eigenvalue weighted by molar-refractivity contribution is -0.145. The third kappa shape index (κ3) is 12.1. The summed E-state index contributed by atoms with van der Waals surface area (Å²) in [5, 5.41) is 25.4. The number of rotatable bonds is 16. The van der Waals surface area contributed by atoms with Gasteiger partial charge in [0, 0.05) is 6.42 Å². The molecule has 0 heterocycles. The Morgan fingerprint density at radius 3 is 1.88 bits per heavy atom. The Kier molecular flexibility index (Phi) is 13.7. The first-order chi connectivity index (χ1) is 15.3. The first-order valence-electron chi connectivity index (χ1n) is 9.93. The molecule has 0 aliphatic rings. The summed E-state index contributed by atoms with van der Waals surface area (Å²) in [4.78, 5) is 71.0. The number of aliphatic hydroxyl groups excluding tert-OH is 1. The third-order valence-electron chi connectivity index (χ3n) is 4.37. The standard InChI is InChI=1S/C18H32N6O8S/c1-8(25)14(18(31)32)24-17(30)11(7-13(21)27)23-16(29)10(5-6-33-2)22-15(28)9(19)3-4-12(20)26/h8-11,14,25H,3-7,19H2,1-2H3,(H2,20,26)(H2,21,27)(H,22,28)(H,23,29)(H,24,30)(H,31,32). The van der Waals surface area contributed by atoms with Gasteiger partial charge in [0.05, 0.1) is 18.6 Å². The number of nitrogens with one attached hydrogen (secondary N) is 3. The van der Waals surface area contributed by atoms with Gasteiger partial charge in [0.25, 0.3) is 0 Å². The van der Waals surface area contributed by atoms with Crippen LogP contribution in [-0.4, -0.2) is 88.0 Å². The molecule has 14 nitrogen and oxygen atoms in total. The number of hydrogen-bond donors (Lipinski definition) is 8. The molecular weight excluding hydrogens is 460 g/mol. The molecule has 0 aromatic carbocycles. The lowest BCUT2D eigenvalue weighted by Crippen LogP contribution is -2.59. The average Bonchev–Trinajstić information content (AvgIpc) is 2.71. The zero-order chi connectivity index (χ0) is 25.7. The van der Waals surface area contributed by atoms with E-state index in [9.17, 15) is 33.9 Å². The van der Waals surface area contributed by atoms with Crippen LogP contribution in [0.5, 0.6) is 0 Å². The molecule has 0 saturated heterocycles. The SMILES string of the molecule is CSCCC(NC(=O)C(N)CCC(N)=O)C(=O)NC(CC(N)=O)C(=O)NC(C(=O)O)C(C)O. The predicted octanol–water partition coefficient (Wildman–Crippen LogP) is -3.87. The topological polar surface area (TPSA) is 257 Å². The van der Waals surface area contributed by atoms with E-state index in [1.165, 1.54) is 11.8 Å². The summed E-state index contributed by atoms with van der Waals surface area (Å²) in [6.45, 7) is 1.14. The van der Waals surface area contributed by atoms with E-state index in [0.717, 1.165) is 6.92 Å². The van der Waals surface area contributed by atoms with E-state index >= 15 is 0 Å². The summed E-state index contributed by atoms with van der Waals surface area (Å²) in [6, 6.07) is -5.53. The number of primary amides is 2. The van der Waals surface area contributed by atoms with Crippen molar-refractivity contribution in [2.75, 3.05) is 12.0 Å². The van der Waals surface area contributed by atoms with Crippen molar-refractivity contribution < 1.29 is 39.0 Å². The summed E-state index contributed by atoms with van der Waals surface area (Å²) in [5.41, 5.74) is 15.9. The highest BCUT2D eigenvalue weighted by Crippen LogP contribution is 2.05. The fourth-order valence-electron chi connectivity index (χ4n) is 2.54. The van der Waals surface area contributed by atoms with Crippen LogP contribution in [0.1, 0.15) is 32.6 Å². The van der Waals surface area contributed by atoms with Crippen molar-refractivity contribution in [2.24, 2.45) is 17.2 Å². The molecule has 11 N–H and O–H groups in total. The van der Waals surface area contributed by atoms with Crippen LogP contribution in [0.25, 0.3) is 0 Å². The summed E-state index contributed by atoms with van der Waals surface area (Å²) in [6.07, 6.45) is -0.401. The molecule has 0 bridgehead atoms. The van der Waals surface area contributed by atoms with Crippen molar-refractivity contribution in [3.63, 3.8) is 0 Å². The van der Waals surface area contributed by atoms with Gasteiger partial charge in [-0.2, -0.15) is 11.8 Å². The van der Waals surface area contributed by atoms with Crippen LogP contribution in [0.3, 0.4) is 0 Å². The molecule has 5 atom stereocenters. The van der Waals surface area contributed by atoms with Gasteiger partial charge in [-0.3, -0.25) is 24.0 Å². The molecule has 5 amide bonds. The van der Waals surface area contributed by atoms with Crippen LogP contribution in [0, 0.1) is 0 Å². The second-order valence-corrected chi connectivity index (χ2v) is 8.24. The van der Waals surface area contributed by atoms with Crippen LogP contribution < -0.4 is 33.2 Å². The summed E-state index contributed by atoms with van der Waals surface area (Å²) >= 11 is 1.38. The second-order valence-electron chi connectivity index (χ2n) is 7.25. The second kappa shape index (κ2) is 15.0. The smallest absolute Gasteiger partial charge is 0.328 e. The fourth-order valence-corrected chi connectivity index (χ4v) is 3.01. The Morgan fingerprint density at radius 2 is 1.42 bits per heavy atom. The van der Waals surface area contributed by atoms with Crippen LogP contribution in [0.4, 0.5) is 0 Å². The molecule has 5 unspecified atom stereocenters. The van der Waals surface area contributed by atoms with Crippen LogP contribution in [0.2, 0.25) is 0 Å². The van der Waals surface area contributed by atoms with Gasteiger partial charge in [-0.25, -0.2) is 4.79 Å². The van der Waals surface area contributed by atoms with E-state index in [1.54, 1.807) is 6.26 Å². The van der Waals surface area contributed by atoms with Crippen molar-refractivity contribution in [3.8, 4) is 0 Å². The van der Waals surface area contributed by atoms with Gasteiger partial charge in [0.1, 0.15) is 12.1 Å². The van der Waals surface area contributed by atoms with Crippen molar-refractivity contribution in [2.45, 2.75) is 62.9 Å². The van der Waals surface area contributed by atoms with Gasteiger partial charge < -0.3 is 43.4 Å². The van der Waals surface area contributed by atoms with E-state index in [0.29, 0.717) is 5.75 Å². The first-order valence-corrected chi connectivity index (χ1v) is 11.3. The van der Waals surface area contributed by atoms with Crippen molar-refractivity contribution >= 4 is 47.3 Å². The Morgan fingerprint density at radius 1 is 0.879 bits per heavy atom. The molecular formula is C18H32N6O8S. The van der Waals surface area contributed by atoms with Gasteiger partial charge in [0.15, 0.2) is 6.04 Å². The monoisotopic (exact) mass is 492 g/mol. The summed E-state index contributed by atoms with van der Waals surface area (Å²) < 4.78 is 0. The van der Waals surface area contributed by atoms with E-state index in [-0.39, 0.29) is 19.3 Å². The zero-order valence-electron chi connectivity index (χ0n) is 18.4. The normalized spacial score (nSPS) is 15.3. The Labute approximate surface area is 194 Å². The van der Waals surface area contributed by atoms with Gasteiger partial charge in [-0.1, -0.05) is 0 Å². The Hall–Kier alpha value is -2.91. The van der Waals surface area contributed by atoms with E-state index in [4.69, 9.17) is 22.3 Å². The number of carboxylic acid groups (broad SMARTS) is 1. The maximum absolute atomic E-state index is 12.8. The molecule has 0 aromatic rings. The number of hydrogen-bond acceptors (Lipinski definition) is 9. The fraction of sp³-hybridized carbons (Fsp3) is 0.667. The Bertz CT molecular complexity index is 735. The highest BCUT2D eigenvalue weighted by molar-refractivity contribution is 7.98. The van der Waals surface area contributed by atoms with Gasteiger partial charge in [-0.05, 0) is 31.8 Å². The number of amides is 5. The maximum Gasteiger partial charge on any atom is 0.328 e. The molecule has 15 heteroatoms. The van der Waals surface area contributed by atoms with E-state index < -0.39 is 72.2 Å². The summed E-state index contributed by atoms with van der Waals surface area (Å²) in [7, 11) is 0. The molecule has 0 aromatic heterocycles. The average molecular weight is 493 g/mol. The molecule has 188 valence electrons. The van der Waals surface area contributed by atoms with Gasteiger partial charge in [-0.15, -0.1) is 0 Å². The van der Waals surface area contributed by atoms with Crippen molar-refractivity contribution in [3.05, 3.63) is 0 Å². The zero-order valence-corrected chi connectivity index (χ0v) is 19.2. The lowest BCUT2D eigenvalue weighted by atomic mass is 10.1. The van der Waals surface area contributed by atoms with Crippen molar-refractivity contribution in [1.82, 2.24) is 16.0 Å². The minimum absolute atomic E-state index is 0.0410. The molecule has 0 fully saturated rings. The van der Waals surface area contributed by atoms with E-state index in [1.807, 2.05) is 5.32 Å². The highest BCUT2D eigenvalue weighted by Gasteiger charge is 2.32. The number of carbonyl (C=O) groups is 6. The predicted molar refractivity (Wildman–Crippen MR) is 118 cm³/mol. The first kappa shape index (κ1) is 30.1. The van der Waals surface area contributed by atoms with Crippen LogP contribution >= 0.6 is 11.8 Å². The number of aliphatic carboxylic acids is 1. The van der Waals surface area contributed by atoms with E-state index in [2.05, 4.69) is 10.6 Å². The van der Waals surface area contributed by atoms with Crippen molar-refractivity contribution in [1.29, 1.82) is 0 Å². The minimum atomic E-state index is -1.69.